The molecule has 0 radical (unpaired) electrons. The van der Waals surface area contributed by atoms with E-state index in [2.05, 4.69) is 13.8 Å². The van der Waals surface area contributed by atoms with Crippen LogP contribution in [0.15, 0.2) is 64.8 Å². The fourth-order valence-corrected chi connectivity index (χ4v) is 4.95. The lowest BCUT2D eigenvalue weighted by Crippen LogP contribution is -2.37. The average molecular weight is 373 g/mol. The summed E-state index contributed by atoms with van der Waals surface area (Å²) in [5, 5.41) is 0. The van der Waals surface area contributed by atoms with Crippen LogP contribution in [0.1, 0.15) is 54.1 Å². The number of nitrogens with zero attached hydrogens (tertiary/aromatic N) is 1. The topological polar surface area (TPSA) is 46.5 Å². The van der Waals surface area contributed by atoms with Gasteiger partial charge in [0.1, 0.15) is 5.82 Å². The van der Waals surface area contributed by atoms with Crippen molar-refractivity contribution in [1.82, 2.24) is 0 Å². The summed E-state index contributed by atoms with van der Waals surface area (Å²) < 4.78 is 14.1. The minimum Gasteiger partial charge on any atom is -0.294 e. The van der Waals surface area contributed by atoms with Crippen molar-refractivity contribution in [3.63, 3.8) is 0 Å². The van der Waals surface area contributed by atoms with Gasteiger partial charge in [-0.05, 0) is 29.5 Å². The fraction of sp³-hybridized carbons (Fsp3) is 0.292. The van der Waals surface area contributed by atoms with Gasteiger partial charge in [-0.3, -0.25) is 14.6 Å². The van der Waals surface area contributed by atoms with Gasteiger partial charge in [0.2, 0.25) is 0 Å². The Morgan fingerprint density at radius 1 is 0.964 bits per heavy atom. The lowest BCUT2D eigenvalue weighted by Gasteiger charge is -2.38. The number of aliphatic imine (C=N–C) groups is 1. The Bertz CT molecular complexity index is 1110. The Labute approximate surface area is 163 Å². The van der Waals surface area contributed by atoms with Crippen LogP contribution in [0.5, 0.6) is 0 Å². The lowest BCUT2D eigenvalue weighted by molar-refractivity contribution is -0.118. The minimum atomic E-state index is -0.567. The molecule has 0 N–H and O–H groups in total. The zero-order valence-electron chi connectivity index (χ0n) is 15.8. The number of halogens is 1. The summed E-state index contributed by atoms with van der Waals surface area (Å²) >= 11 is 0. The molecule has 5 rings (SSSR count). The monoisotopic (exact) mass is 373 g/mol. The van der Waals surface area contributed by atoms with Gasteiger partial charge in [0.05, 0.1) is 11.6 Å². The van der Waals surface area contributed by atoms with Gasteiger partial charge in [-0.25, -0.2) is 4.39 Å². The molecule has 2 aromatic rings. The normalized spacial score (nSPS) is 25.2. The molecule has 2 atom stereocenters. The van der Waals surface area contributed by atoms with Crippen molar-refractivity contribution in [1.29, 1.82) is 0 Å². The largest absolute Gasteiger partial charge is 0.294 e. The predicted octanol–water partition coefficient (Wildman–Crippen LogP) is 4.87. The molecule has 2 aromatic carbocycles. The molecular weight excluding hydrogens is 353 g/mol. The zero-order valence-corrected chi connectivity index (χ0v) is 15.8. The molecule has 4 heteroatoms. The number of rotatable bonds is 1. The zero-order chi connectivity index (χ0) is 19.6. The third-order valence-corrected chi connectivity index (χ3v) is 6.05. The highest BCUT2D eigenvalue weighted by molar-refractivity contribution is 6.30. The molecule has 2 unspecified atom stereocenters. The van der Waals surface area contributed by atoms with Gasteiger partial charge < -0.3 is 0 Å². The Morgan fingerprint density at radius 2 is 1.71 bits per heavy atom. The Morgan fingerprint density at radius 3 is 2.46 bits per heavy atom. The van der Waals surface area contributed by atoms with Gasteiger partial charge in [-0.1, -0.05) is 50.2 Å². The highest BCUT2D eigenvalue weighted by Gasteiger charge is 2.50. The van der Waals surface area contributed by atoms with Crippen molar-refractivity contribution in [2.24, 2.45) is 16.3 Å². The Kier molecular flexibility index (Phi) is 3.57. The van der Waals surface area contributed by atoms with Crippen LogP contribution in [0, 0.1) is 17.2 Å². The molecule has 0 bridgehead atoms. The molecule has 0 aromatic heterocycles. The Balaban J connectivity index is 1.78. The maximum Gasteiger partial charge on any atom is 0.173 e. The van der Waals surface area contributed by atoms with Crippen LogP contribution >= 0.6 is 0 Å². The van der Waals surface area contributed by atoms with Crippen LogP contribution in [0.25, 0.3) is 0 Å². The summed E-state index contributed by atoms with van der Waals surface area (Å²) in [5.74, 6) is -1.43. The summed E-state index contributed by atoms with van der Waals surface area (Å²) in [6.45, 7) is 4.12. The number of benzene rings is 2. The van der Waals surface area contributed by atoms with E-state index in [0.29, 0.717) is 29.5 Å². The number of Topliss-reactive ketones (excluding diaryl/α,β-unsaturated/α-hetero) is 2. The van der Waals surface area contributed by atoms with Crippen molar-refractivity contribution >= 4 is 17.3 Å². The summed E-state index contributed by atoms with van der Waals surface area (Å²) in [6.07, 6.45) is 1.09. The number of allylic oxidation sites excluding steroid dienone is 2. The molecule has 0 spiro atoms. The van der Waals surface area contributed by atoms with E-state index in [1.165, 1.54) is 12.1 Å². The van der Waals surface area contributed by atoms with E-state index < -0.39 is 11.8 Å². The van der Waals surface area contributed by atoms with Gasteiger partial charge in [0, 0.05) is 34.7 Å². The van der Waals surface area contributed by atoms with Crippen LogP contribution in [0.2, 0.25) is 0 Å². The van der Waals surface area contributed by atoms with Gasteiger partial charge in [-0.15, -0.1) is 0 Å². The number of ketones is 2. The van der Waals surface area contributed by atoms with Crippen LogP contribution in [-0.2, 0) is 4.79 Å². The standard InChI is InChI=1S/C24H20FNO2/c1-24(2)11-17-20(18(27)12-24)19(13-6-5-7-14(25)10-13)21-22(26-17)15-8-3-4-9-16(15)23(21)28/h3-10,19,21H,11-12H2,1-2H3. The second kappa shape index (κ2) is 5.81. The smallest absolute Gasteiger partial charge is 0.173 e. The molecule has 3 aliphatic rings. The quantitative estimate of drug-likeness (QED) is 0.716. The first-order valence-electron chi connectivity index (χ1n) is 9.60. The lowest BCUT2D eigenvalue weighted by atomic mass is 9.66. The summed E-state index contributed by atoms with van der Waals surface area (Å²) in [6, 6.07) is 13.7. The van der Waals surface area contributed by atoms with E-state index in [1.807, 2.05) is 30.3 Å². The van der Waals surface area contributed by atoms with Crippen molar-refractivity contribution < 1.29 is 14.0 Å². The number of hydrogen-bond donors (Lipinski definition) is 0. The maximum atomic E-state index is 14.1. The molecule has 0 saturated carbocycles. The molecule has 140 valence electrons. The summed E-state index contributed by atoms with van der Waals surface area (Å²) in [4.78, 5) is 31.3. The second-order valence-electron chi connectivity index (χ2n) is 8.72. The molecule has 2 aliphatic carbocycles. The third kappa shape index (κ3) is 2.44. The van der Waals surface area contributed by atoms with E-state index in [4.69, 9.17) is 4.99 Å². The Hall–Kier alpha value is -2.88. The fourth-order valence-electron chi connectivity index (χ4n) is 4.95. The van der Waals surface area contributed by atoms with Crippen LogP contribution in [0.4, 0.5) is 4.39 Å². The third-order valence-electron chi connectivity index (χ3n) is 6.05. The first kappa shape index (κ1) is 17.2. The highest BCUT2D eigenvalue weighted by atomic mass is 19.1. The van der Waals surface area contributed by atoms with Crippen molar-refractivity contribution in [2.75, 3.05) is 0 Å². The minimum absolute atomic E-state index is 0.0204. The van der Waals surface area contributed by atoms with Crippen LogP contribution in [0.3, 0.4) is 0 Å². The predicted molar refractivity (Wildman–Crippen MR) is 105 cm³/mol. The number of hydrogen-bond acceptors (Lipinski definition) is 3. The maximum absolute atomic E-state index is 14.1. The number of fused-ring (bicyclic) bond motifs is 3. The van der Waals surface area contributed by atoms with E-state index in [9.17, 15) is 14.0 Å². The summed E-state index contributed by atoms with van der Waals surface area (Å²) in [5.41, 5.74) is 4.03. The van der Waals surface area contributed by atoms with Gasteiger partial charge in [-0.2, -0.15) is 0 Å². The first-order valence-corrected chi connectivity index (χ1v) is 9.60. The van der Waals surface area contributed by atoms with Crippen LogP contribution in [-0.4, -0.2) is 17.3 Å². The number of carbonyl (C=O) groups is 2. The molecule has 0 fully saturated rings. The van der Waals surface area contributed by atoms with E-state index in [0.717, 1.165) is 17.0 Å². The second-order valence-corrected chi connectivity index (χ2v) is 8.72. The van der Waals surface area contributed by atoms with E-state index in [1.54, 1.807) is 6.07 Å². The van der Waals surface area contributed by atoms with Crippen molar-refractivity contribution in [2.45, 2.75) is 32.6 Å². The molecule has 1 aliphatic heterocycles. The molecular formula is C24H20FNO2. The van der Waals surface area contributed by atoms with E-state index in [-0.39, 0.29) is 22.8 Å². The van der Waals surface area contributed by atoms with E-state index >= 15 is 0 Å². The molecule has 28 heavy (non-hydrogen) atoms. The van der Waals surface area contributed by atoms with Crippen LogP contribution < -0.4 is 0 Å². The molecule has 0 amide bonds. The average Bonchev–Trinajstić information content (AvgIpc) is 2.92. The highest BCUT2D eigenvalue weighted by Crippen LogP contribution is 2.51. The van der Waals surface area contributed by atoms with Crippen molar-refractivity contribution in [3.05, 3.63) is 82.3 Å². The number of carbonyl (C=O) groups excluding carboxylic acids is 2. The van der Waals surface area contributed by atoms with Crippen molar-refractivity contribution in [3.8, 4) is 0 Å². The van der Waals surface area contributed by atoms with Gasteiger partial charge in [0.15, 0.2) is 11.6 Å². The van der Waals surface area contributed by atoms with Gasteiger partial charge >= 0.3 is 0 Å². The summed E-state index contributed by atoms with van der Waals surface area (Å²) in [7, 11) is 0. The van der Waals surface area contributed by atoms with Gasteiger partial charge in [0.25, 0.3) is 0 Å². The molecule has 0 saturated heterocycles. The molecule has 1 heterocycles. The molecule has 3 nitrogen and oxygen atoms in total. The SMILES string of the molecule is CC1(C)CC(=O)C2=C(C1)N=C1c3ccccc3C(=O)C1C2c1cccc(F)c1. The first-order chi connectivity index (χ1) is 13.4.